The van der Waals surface area contributed by atoms with Crippen molar-refractivity contribution in [2.75, 3.05) is 16.8 Å². The van der Waals surface area contributed by atoms with Gasteiger partial charge in [0.25, 0.3) is 5.91 Å². The van der Waals surface area contributed by atoms with Gasteiger partial charge in [0.1, 0.15) is 17.1 Å². The average Bonchev–Trinajstić information content (AvgIpc) is 3.66. The summed E-state index contributed by atoms with van der Waals surface area (Å²) >= 11 is 3.00. The lowest BCUT2D eigenvalue weighted by molar-refractivity contribution is -0.152. The van der Waals surface area contributed by atoms with Crippen LogP contribution in [0.4, 0.5) is 5.95 Å². The van der Waals surface area contributed by atoms with Gasteiger partial charge in [0.05, 0.1) is 11.0 Å². The van der Waals surface area contributed by atoms with Gasteiger partial charge in [-0.1, -0.05) is 84.6 Å². The number of fused-ring (bicyclic) bond motifs is 2. The number of benzene rings is 3. The molecule has 0 bridgehead atoms. The van der Waals surface area contributed by atoms with Crippen molar-refractivity contribution in [2.24, 2.45) is 7.05 Å². The van der Waals surface area contributed by atoms with E-state index < -0.39 is 18.1 Å². The molecule has 3 aromatic carbocycles. The fourth-order valence-electron chi connectivity index (χ4n) is 5.19. The number of aryl methyl sites for hydroxylation is 1. The number of carbonyl (C=O) groups is 2. The lowest BCUT2D eigenvalue weighted by Gasteiger charge is -2.49. The van der Waals surface area contributed by atoms with Crippen molar-refractivity contribution in [1.82, 2.24) is 35.1 Å². The van der Waals surface area contributed by atoms with Crippen LogP contribution in [0.15, 0.2) is 101 Å². The SMILES string of the molecule is Cn1nnnc1SCC1=C(C(=O)OC(c2ccccc2)c2ccccc2)N2C(=O)[C@@H](Nc3nc4ccccc4[nH]3)C2SC1. The first kappa shape index (κ1) is 27.2. The molecule has 7 rings (SSSR count). The van der Waals surface area contributed by atoms with Crippen LogP contribution in [0.25, 0.3) is 11.0 Å². The average molecular weight is 611 g/mol. The number of tetrazole rings is 1. The van der Waals surface area contributed by atoms with E-state index in [-0.39, 0.29) is 17.0 Å². The smallest absolute Gasteiger partial charge is 0.356 e. The summed E-state index contributed by atoms with van der Waals surface area (Å²) in [6, 6.07) is 26.3. The van der Waals surface area contributed by atoms with E-state index in [1.54, 1.807) is 28.4 Å². The molecule has 1 saturated heterocycles. The molecule has 2 N–H and O–H groups in total. The first-order valence-electron chi connectivity index (χ1n) is 13.6. The molecule has 2 aliphatic heterocycles. The molecule has 1 amide bonds. The van der Waals surface area contributed by atoms with E-state index in [9.17, 15) is 9.59 Å². The summed E-state index contributed by atoms with van der Waals surface area (Å²) in [7, 11) is 1.76. The minimum Gasteiger partial charge on any atom is -0.448 e. The van der Waals surface area contributed by atoms with Gasteiger partial charge in [0.15, 0.2) is 6.10 Å². The third-order valence-electron chi connectivity index (χ3n) is 7.31. The first-order valence-corrected chi connectivity index (χ1v) is 15.6. The molecule has 0 saturated carbocycles. The normalized spacial score (nSPS) is 18.1. The number of thioether (sulfide) groups is 2. The van der Waals surface area contributed by atoms with Crippen molar-refractivity contribution >= 4 is 52.4 Å². The van der Waals surface area contributed by atoms with Gasteiger partial charge in [-0.2, -0.15) is 0 Å². The highest BCUT2D eigenvalue weighted by molar-refractivity contribution is 8.01. The minimum absolute atomic E-state index is 0.219. The van der Waals surface area contributed by atoms with Crippen LogP contribution >= 0.6 is 23.5 Å². The molecule has 1 fully saturated rings. The van der Waals surface area contributed by atoms with Crippen LogP contribution in [-0.2, 0) is 21.4 Å². The molecule has 43 heavy (non-hydrogen) atoms. The number of hydrogen-bond donors (Lipinski definition) is 2. The molecule has 2 aromatic heterocycles. The highest BCUT2D eigenvalue weighted by atomic mass is 32.2. The maximum Gasteiger partial charge on any atom is 0.356 e. The topological polar surface area (TPSA) is 131 Å². The lowest BCUT2D eigenvalue weighted by atomic mass is 10.0. The Balaban J connectivity index is 1.19. The number of ether oxygens (including phenoxy) is 1. The second-order valence-corrected chi connectivity index (χ2v) is 12.1. The molecule has 2 atom stereocenters. The summed E-state index contributed by atoms with van der Waals surface area (Å²) in [6.45, 7) is 0. The number of aromatic nitrogens is 6. The van der Waals surface area contributed by atoms with Crippen molar-refractivity contribution in [3.63, 3.8) is 0 Å². The molecule has 11 nitrogen and oxygen atoms in total. The van der Waals surface area contributed by atoms with Gasteiger partial charge in [-0.3, -0.25) is 9.69 Å². The number of H-pyrrole nitrogens is 1. The molecule has 5 aromatic rings. The quantitative estimate of drug-likeness (QED) is 0.143. The maximum absolute atomic E-state index is 14.1. The van der Waals surface area contributed by atoms with Gasteiger partial charge in [0.2, 0.25) is 11.1 Å². The van der Waals surface area contributed by atoms with Gasteiger partial charge in [-0.25, -0.2) is 14.5 Å². The molecule has 0 aliphatic carbocycles. The molecule has 0 radical (unpaired) electrons. The Hall–Kier alpha value is -4.62. The number of rotatable bonds is 9. The van der Waals surface area contributed by atoms with Crippen molar-refractivity contribution in [3.8, 4) is 0 Å². The lowest BCUT2D eigenvalue weighted by Crippen LogP contribution is -2.67. The number of nitrogens with one attached hydrogen (secondary N) is 2. The predicted octanol–water partition coefficient (Wildman–Crippen LogP) is 4.16. The molecule has 4 heterocycles. The van der Waals surface area contributed by atoms with E-state index in [0.717, 1.165) is 27.7 Å². The third kappa shape index (κ3) is 5.25. The number of hydrogen-bond acceptors (Lipinski definition) is 10. The molecular weight excluding hydrogens is 585 g/mol. The summed E-state index contributed by atoms with van der Waals surface area (Å²) in [5.41, 5.74) is 4.42. The van der Waals surface area contributed by atoms with Gasteiger partial charge in [-0.05, 0) is 39.3 Å². The van der Waals surface area contributed by atoms with E-state index in [1.165, 1.54) is 11.8 Å². The van der Waals surface area contributed by atoms with E-state index in [1.807, 2.05) is 84.9 Å². The predicted molar refractivity (Wildman–Crippen MR) is 164 cm³/mol. The number of amides is 1. The van der Waals surface area contributed by atoms with Crippen LogP contribution < -0.4 is 5.32 Å². The van der Waals surface area contributed by atoms with Crippen molar-refractivity contribution in [1.29, 1.82) is 0 Å². The van der Waals surface area contributed by atoms with Gasteiger partial charge in [0, 0.05) is 18.6 Å². The highest BCUT2D eigenvalue weighted by Gasteiger charge is 2.54. The van der Waals surface area contributed by atoms with E-state index in [2.05, 4.69) is 30.8 Å². The molecule has 2 aliphatic rings. The Morgan fingerprint density at radius 1 is 1.07 bits per heavy atom. The monoisotopic (exact) mass is 610 g/mol. The Bertz CT molecular complexity index is 1750. The zero-order chi connectivity index (χ0) is 29.3. The zero-order valence-electron chi connectivity index (χ0n) is 23.0. The number of imidazole rings is 1. The van der Waals surface area contributed by atoms with E-state index in [4.69, 9.17) is 4.74 Å². The Labute approximate surface area is 255 Å². The van der Waals surface area contributed by atoms with Crippen LogP contribution in [0.1, 0.15) is 17.2 Å². The zero-order valence-corrected chi connectivity index (χ0v) is 24.6. The van der Waals surface area contributed by atoms with Crippen molar-refractivity contribution in [2.45, 2.75) is 22.7 Å². The first-order chi connectivity index (χ1) is 21.1. The van der Waals surface area contributed by atoms with E-state index in [0.29, 0.717) is 22.6 Å². The van der Waals surface area contributed by atoms with Gasteiger partial charge >= 0.3 is 5.97 Å². The van der Waals surface area contributed by atoms with Crippen LogP contribution in [0.3, 0.4) is 0 Å². The summed E-state index contributed by atoms with van der Waals surface area (Å²) in [6.07, 6.45) is -0.645. The van der Waals surface area contributed by atoms with E-state index >= 15 is 0 Å². The van der Waals surface area contributed by atoms with Crippen LogP contribution in [-0.4, -0.2) is 69.9 Å². The Morgan fingerprint density at radius 2 is 1.77 bits per heavy atom. The maximum atomic E-state index is 14.1. The molecular formula is C30H26N8O3S2. The van der Waals surface area contributed by atoms with Crippen LogP contribution in [0.2, 0.25) is 0 Å². The number of aromatic amines is 1. The summed E-state index contributed by atoms with van der Waals surface area (Å²) < 4.78 is 7.83. The number of esters is 1. The molecule has 1 unspecified atom stereocenters. The molecule has 13 heteroatoms. The van der Waals surface area contributed by atoms with Crippen molar-refractivity contribution < 1.29 is 14.3 Å². The second kappa shape index (κ2) is 11.6. The van der Waals surface area contributed by atoms with Crippen molar-refractivity contribution in [3.05, 3.63) is 107 Å². The second-order valence-electron chi connectivity index (χ2n) is 10.1. The Kier molecular flexibility index (Phi) is 7.33. The number of carbonyl (C=O) groups excluding carboxylic acids is 2. The largest absolute Gasteiger partial charge is 0.448 e. The molecule has 0 spiro atoms. The minimum atomic E-state index is -0.645. The van der Waals surface area contributed by atoms with Gasteiger partial charge < -0.3 is 15.0 Å². The standard InChI is InChI=1S/C30H26N8O3S2/c1-37-30(34-35-36-37)43-17-20-16-42-27-23(33-29-31-21-14-8-9-15-22(21)32-29)26(39)38(27)24(20)28(40)41-25(18-10-4-2-5-11-18)19-12-6-3-7-13-19/h2-15,23,25,27H,16-17H2,1H3,(H2,31,32,33)/t23-,27?/m1/s1. The van der Waals surface area contributed by atoms with Gasteiger partial charge in [-0.15, -0.1) is 16.9 Å². The Morgan fingerprint density at radius 3 is 2.44 bits per heavy atom. The summed E-state index contributed by atoms with van der Waals surface area (Å²) in [5.74, 6) is 0.702. The van der Waals surface area contributed by atoms with Crippen LogP contribution in [0.5, 0.6) is 0 Å². The molecule has 216 valence electrons. The number of nitrogens with zero attached hydrogens (tertiary/aromatic N) is 6. The third-order valence-corrected chi connectivity index (χ3v) is 9.74. The summed E-state index contributed by atoms with van der Waals surface area (Å²) in [4.78, 5) is 37.2. The fraction of sp³-hybridized carbons (Fsp3) is 0.200. The number of anilines is 1. The van der Waals surface area contributed by atoms with Crippen LogP contribution in [0, 0.1) is 0 Å². The number of β-lactam (4-membered cyclic amide) rings is 1. The highest BCUT2D eigenvalue weighted by Crippen LogP contribution is 2.43. The number of para-hydroxylation sites is 2. The summed E-state index contributed by atoms with van der Waals surface area (Å²) in [5, 5.41) is 15.2. The fourth-order valence-corrected chi connectivity index (χ4v) is 7.53.